The van der Waals surface area contributed by atoms with Gasteiger partial charge >= 0.3 is 6.09 Å². The van der Waals surface area contributed by atoms with Crippen molar-refractivity contribution in [1.82, 2.24) is 15.3 Å². The number of carbonyl (C=O) groups excluding carboxylic acids is 1. The summed E-state index contributed by atoms with van der Waals surface area (Å²) in [4.78, 5) is 21.2. The highest BCUT2D eigenvalue weighted by Gasteiger charge is 2.28. The van der Waals surface area contributed by atoms with E-state index >= 15 is 4.39 Å². The minimum Gasteiger partial charge on any atom is -0.486 e. The van der Waals surface area contributed by atoms with E-state index in [1.807, 2.05) is 39.0 Å². The molecule has 0 unspecified atom stereocenters. The molecule has 5 rings (SSSR count). The zero-order valence-corrected chi connectivity index (χ0v) is 21.0. The SMILES string of the molecule is Cc1nc(N[C@@H]2CC[C@H](NC(=O)OC(C)(C)C)C2)nc2ccc(-c3cccc4c3OCCO4)c(F)c12. The van der Waals surface area contributed by atoms with E-state index in [-0.39, 0.29) is 17.9 Å². The molecule has 1 saturated carbocycles. The Hall–Kier alpha value is -3.62. The fraction of sp³-hybridized carbons (Fsp3) is 0.444. The lowest BCUT2D eigenvalue weighted by molar-refractivity contribution is 0.0505. The molecule has 190 valence electrons. The molecule has 1 aliphatic heterocycles. The van der Waals surface area contributed by atoms with Crippen molar-refractivity contribution in [3.05, 3.63) is 41.8 Å². The molecule has 2 aromatic carbocycles. The summed E-state index contributed by atoms with van der Waals surface area (Å²) in [7, 11) is 0. The molecule has 0 spiro atoms. The number of nitrogens with zero attached hydrogens (tertiary/aromatic N) is 2. The maximum absolute atomic E-state index is 15.8. The first kappa shape index (κ1) is 24.1. The fourth-order valence-electron chi connectivity index (χ4n) is 4.82. The van der Waals surface area contributed by atoms with Crippen LogP contribution >= 0.6 is 0 Å². The Morgan fingerprint density at radius 2 is 1.83 bits per heavy atom. The van der Waals surface area contributed by atoms with Crippen LogP contribution in [-0.2, 0) is 4.74 Å². The van der Waals surface area contributed by atoms with Gasteiger partial charge in [-0.1, -0.05) is 12.1 Å². The molecule has 2 atom stereocenters. The van der Waals surface area contributed by atoms with Crippen molar-refractivity contribution in [2.24, 2.45) is 0 Å². The fourth-order valence-corrected chi connectivity index (χ4v) is 4.82. The number of rotatable bonds is 4. The van der Waals surface area contributed by atoms with Crippen LogP contribution in [0.25, 0.3) is 22.0 Å². The molecular formula is C27H31FN4O4. The van der Waals surface area contributed by atoms with Gasteiger partial charge in [0.05, 0.1) is 16.6 Å². The van der Waals surface area contributed by atoms with Gasteiger partial charge in [0.15, 0.2) is 11.5 Å². The van der Waals surface area contributed by atoms with Crippen LogP contribution in [0.2, 0.25) is 0 Å². The topological polar surface area (TPSA) is 94.6 Å². The number of aryl methyl sites for hydroxylation is 1. The van der Waals surface area contributed by atoms with Crippen LogP contribution in [-0.4, -0.2) is 47.0 Å². The van der Waals surface area contributed by atoms with E-state index in [0.717, 1.165) is 19.3 Å². The second kappa shape index (κ2) is 9.44. The van der Waals surface area contributed by atoms with E-state index in [1.54, 1.807) is 19.1 Å². The predicted octanol–water partition coefficient (Wildman–Crippen LogP) is 5.37. The summed E-state index contributed by atoms with van der Waals surface area (Å²) < 4.78 is 32.6. The molecule has 2 aliphatic rings. The van der Waals surface area contributed by atoms with Crippen LogP contribution in [0.15, 0.2) is 30.3 Å². The third kappa shape index (κ3) is 5.01. The van der Waals surface area contributed by atoms with Crippen LogP contribution in [0.5, 0.6) is 11.5 Å². The lowest BCUT2D eigenvalue weighted by Crippen LogP contribution is -2.38. The highest BCUT2D eigenvalue weighted by Crippen LogP contribution is 2.42. The number of fused-ring (bicyclic) bond motifs is 2. The molecule has 1 amide bonds. The van der Waals surface area contributed by atoms with Gasteiger partial charge in [-0.2, -0.15) is 0 Å². The molecule has 9 heteroatoms. The first-order chi connectivity index (χ1) is 17.2. The van der Waals surface area contributed by atoms with E-state index in [9.17, 15) is 4.79 Å². The number of carbonyl (C=O) groups is 1. The number of ether oxygens (including phenoxy) is 3. The van der Waals surface area contributed by atoms with Crippen LogP contribution < -0.4 is 20.1 Å². The number of para-hydroxylation sites is 1. The Balaban J connectivity index is 1.34. The number of hydrogen-bond acceptors (Lipinski definition) is 7. The van der Waals surface area contributed by atoms with Crippen molar-refractivity contribution in [3.63, 3.8) is 0 Å². The lowest BCUT2D eigenvalue weighted by atomic mass is 10.00. The summed E-state index contributed by atoms with van der Waals surface area (Å²) in [6.07, 6.45) is 2.01. The van der Waals surface area contributed by atoms with Crippen LogP contribution in [0.4, 0.5) is 15.1 Å². The maximum atomic E-state index is 15.8. The number of hydrogen-bond donors (Lipinski definition) is 2. The van der Waals surface area contributed by atoms with Crippen molar-refractivity contribution in [2.75, 3.05) is 18.5 Å². The average Bonchev–Trinajstić information content (AvgIpc) is 3.24. The molecular weight excluding hydrogens is 463 g/mol. The number of anilines is 1. The molecule has 1 aliphatic carbocycles. The number of nitrogens with one attached hydrogen (secondary N) is 2. The van der Waals surface area contributed by atoms with Gasteiger partial charge in [0, 0.05) is 23.2 Å². The first-order valence-corrected chi connectivity index (χ1v) is 12.3. The number of amides is 1. The van der Waals surface area contributed by atoms with Crippen molar-refractivity contribution in [3.8, 4) is 22.6 Å². The van der Waals surface area contributed by atoms with Gasteiger partial charge < -0.3 is 24.8 Å². The quantitative estimate of drug-likeness (QED) is 0.503. The number of alkyl carbamates (subject to hydrolysis) is 1. The average molecular weight is 495 g/mol. The van der Waals surface area contributed by atoms with Gasteiger partial charge in [0.1, 0.15) is 24.6 Å². The second-order valence-corrected chi connectivity index (χ2v) is 10.3. The largest absolute Gasteiger partial charge is 0.486 e. The number of halogens is 1. The molecule has 8 nitrogen and oxygen atoms in total. The van der Waals surface area contributed by atoms with E-state index in [1.165, 1.54) is 0 Å². The third-order valence-electron chi connectivity index (χ3n) is 6.32. The second-order valence-electron chi connectivity index (χ2n) is 10.3. The summed E-state index contributed by atoms with van der Waals surface area (Å²) in [6, 6.07) is 9.11. The number of benzene rings is 2. The number of aromatic nitrogens is 2. The van der Waals surface area contributed by atoms with Gasteiger partial charge in [-0.3, -0.25) is 0 Å². The minimum absolute atomic E-state index is 0.0157. The molecule has 0 bridgehead atoms. The van der Waals surface area contributed by atoms with E-state index in [2.05, 4.69) is 20.6 Å². The van der Waals surface area contributed by atoms with Gasteiger partial charge in [0.25, 0.3) is 0 Å². The molecule has 2 N–H and O–H groups in total. The van der Waals surface area contributed by atoms with Crippen LogP contribution in [0.1, 0.15) is 45.7 Å². The highest BCUT2D eigenvalue weighted by atomic mass is 19.1. The van der Waals surface area contributed by atoms with Gasteiger partial charge in [-0.05, 0) is 65.2 Å². The molecule has 1 fully saturated rings. The predicted molar refractivity (Wildman–Crippen MR) is 135 cm³/mol. The smallest absolute Gasteiger partial charge is 0.407 e. The lowest BCUT2D eigenvalue weighted by Gasteiger charge is -2.22. The minimum atomic E-state index is -0.535. The maximum Gasteiger partial charge on any atom is 0.407 e. The van der Waals surface area contributed by atoms with E-state index in [0.29, 0.717) is 58.4 Å². The van der Waals surface area contributed by atoms with Crippen molar-refractivity contribution in [1.29, 1.82) is 0 Å². The Morgan fingerprint density at radius 3 is 2.64 bits per heavy atom. The van der Waals surface area contributed by atoms with E-state index in [4.69, 9.17) is 14.2 Å². The first-order valence-electron chi connectivity index (χ1n) is 12.3. The molecule has 1 aromatic heterocycles. The molecule has 0 saturated heterocycles. The Bertz CT molecular complexity index is 1310. The van der Waals surface area contributed by atoms with Gasteiger partial charge in [-0.15, -0.1) is 0 Å². The van der Waals surface area contributed by atoms with Gasteiger partial charge in [0.2, 0.25) is 5.95 Å². The van der Waals surface area contributed by atoms with Crippen LogP contribution in [0, 0.1) is 12.7 Å². The summed E-state index contributed by atoms with van der Waals surface area (Å²) in [5, 5.41) is 6.67. The van der Waals surface area contributed by atoms with Crippen LogP contribution in [0.3, 0.4) is 0 Å². The van der Waals surface area contributed by atoms with Crippen molar-refractivity contribution >= 4 is 22.9 Å². The summed E-state index contributed by atoms with van der Waals surface area (Å²) in [5.41, 5.74) is 1.60. The Morgan fingerprint density at radius 1 is 1.06 bits per heavy atom. The highest BCUT2D eigenvalue weighted by molar-refractivity contribution is 5.89. The third-order valence-corrected chi connectivity index (χ3v) is 6.32. The molecule has 36 heavy (non-hydrogen) atoms. The zero-order chi connectivity index (χ0) is 25.4. The Kier molecular flexibility index (Phi) is 6.32. The summed E-state index contributed by atoms with van der Waals surface area (Å²) in [5.74, 6) is 1.22. The Labute approximate surface area is 209 Å². The monoisotopic (exact) mass is 494 g/mol. The van der Waals surface area contributed by atoms with Crippen molar-refractivity contribution in [2.45, 2.75) is 64.6 Å². The normalized spacial score (nSPS) is 19.2. The standard InChI is InChI=1S/C27H31FN4O4/c1-15-22-20(11-10-18(23(22)28)19-6-5-7-21-24(19)35-13-12-34-21)32-25(29-15)30-16-8-9-17(14-16)31-26(33)36-27(2,3)4/h5-7,10-11,16-17H,8-9,12-14H2,1-4H3,(H,31,33)(H,29,30,32)/t16-,17+/m1/s1. The molecule has 3 aromatic rings. The summed E-state index contributed by atoms with van der Waals surface area (Å²) >= 11 is 0. The summed E-state index contributed by atoms with van der Waals surface area (Å²) in [6.45, 7) is 8.19. The van der Waals surface area contributed by atoms with Gasteiger partial charge in [-0.25, -0.2) is 19.2 Å². The van der Waals surface area contributed by atoms with Crippen molar-refractivity contribution < 1.29 is 23.4 Å². The molecule has 0 radical (unpaired) electrons. The molecule has 2 heterocycles. The van der Waals surface area contributed by atoms with E-state index < -0.39 is 11.7 Å². The zero-order valence-electron chi connectivity index (χ0n) is 21.0.